The Kier molecular flexibility index (Phi) is 4.62. The predicted octanol–water partition coefficient (Wildman–Crippen LogP) is 3.84. The number of fused-ring (bicyclic) bond motifs is 1. The van der Waals surface area contributed by atoms with Crippen LogP contribution in [0.15, 0.2) is 47.0 Å². The van der Waals surface area contributed by atoms with Gasteiger partial charge in [0.15, 0.2) is 11.5 Å². The molecule has 0 spiro atoms. The summed E-state index contributed by atoms with van der Waals surface area (Å²) in [6.07, 6.45) is 1.60. The van der Waals surface area contributed by atoms with Gasteiger partial charge in [-0.25, -0.2) is 4.79 Å². The number of ether oxygens (including phenoxy) is 3. The highest BCUT2D eigenvalue weighted by Crippen LogP contribution is 2.36. The summed E-state index contributed by atoms with van der Waals surface area (Å²) in [5.74, 6) is 2.79. The van der Waals surface area contributed by atoms with Gasteiger partial charge in [0.25, 0.3) is 0 Å². The number of nitrogens with one attached hydrogen (secondary N) is 1. The maximum atomic E-state index is 12.9. The molecule has 154 valence electrons. The van der Waals surface area contributed by atoms with Crippen molar-refractivity contribution < 1.29 is 23.5 Å². The van der Waals surface area contributed by atoms with Gasteiger partial charge in [0, 0.05) is 18.3 Å². The van der Waals surface area contributed by atoms with E-state index in [0.717, 1.165) is 18.4 Å². The van der Waals surface area contributed by atoms with Gasteiger partial charge < -0.3 is 29.0 Å². The highest BCUT2D eigenvalue weighted by atomic mass is 16.7. The third-order valence-corrected chi connectivity index (χ3v) is 5.21. The molecule has 0 unspecified atom stereocenters. The molecule has 1 aromatic heterocycles. The zero-order valence-electron chi connectivity index (χ0n) is 16.3. The molecule has 5 rings (SSSR count). The summed E-state index contributed by atoms with van der Waals surface area (Å²) in [5, 5.41) is 7.01. The number of likely N-dealkylation sites (tertiary alicyclic amines) is 1. The molecule has 0 saturated carbocycles. The molecule has 2 aromatic carbocycles. The second-order valence-corrected chi connectivity index (χ2v) is 7.01. The van der Waals surface area contributed by atoms with Crippen LogP contribution in [0, 0.1) is 0 Å². The molecule has 0 aliphatic carbocycles. The van der Waals surface area contributed by atoms with E-state index >= 15 is 0 Å². The van der Waals surface area contributed by atoms with Crippen LogP contribution in [0.25, 0.3) is 11.4 Å². The lowest BCUT2D eigenvalue weighted by Crippen LogP contribution is -2.34. The number of aromatic nitrogens is 2. The standard InChI is InChI=1S/C21H20N4O5/c1-27-16-7-3-2-5-14(16)19-23-20(30-24-19)15-6-4-10-25(15)21(26)22-13-8-9-17-18(11-13)29-12-28-17/h2-3,5,7-9,11,15H,4,6,10,12H2,1H3,(H,22,26)/t15-/m1/s1. The minimum atomic E-state index is -0.282. The number of carbonyl (C=O) groups excluding carboxylic acids is 1. The summed E-state index contributed by atoms with van der Waals surface area (Å²) in [6.45, 7) is 0.792. The van der Waals surface area contributed by atoms with Crippen LogP contribution in [0.4, 0.5) is 10.5 Å². The average Bonchev–Trinajstić information content (AvgIpc) is 3.53. The topological polar surface area (TPSA) is 99.0 Å². The summed E-state index contributed by atoms with van der Waals surface area (Å²) in [4.78, 5) is 19.2. The Bertz CT molecular complexity index is 1080. The van der Waals surface area contributed by atoms with Gasteiger partial charge in [-0.1, -0.05) is 17.3 Å². The van der Waals surface area contributed by atoms with E-state index in [1.807, 2.05) is 24.3 Å². The molecular weight excluding hydrogens is 388 g/mol. The number of methoxy groups -OCH3 is 1. The maximum absolute atomic E-state index is 12.9. The Morgan fingerprint density at radius 2 is 2.07 bits per heavy atom. The minimum absolute atomic E-state index is 0.187. The van der Waals surface area contributed by atoms with E-state index in [1.165, 1.54) is 0 Å². The van der Waals surface area contributed by atoms with Crippen molar-refractivity contribution in [3.63, 3.8) is 0 Å². The van der Waals surface area contributed by atoms with Crippen LogP contribution in [-0.2, 0) is 0 Å². The molecule has 0 radical (unpaired) electrons. The first-order valence-corrected chi connectivity index (χ1v) is 9.67. The third-order valence-electron chi connectivity index (χ3n) is 5.21. The van der Waals surface area contributed by atoms with Crippen molar-refractivity contribution in [2.24, 2.45) is 0 Å². The van der Waals surface area contributed by atoms with Crippen LogP contribution in [0.5, 0.6) is 17.2 Å². The number of nitrogens with zero attached hydrogens (tertiary/aromatic N) is 3. The van der Waals surface area contributed by atoms with Gasteiger partial charge in [-0.05, 0) is 37.1 Å². The van der Waals surface area contributed by atoms with Crippen molar-refractivity contribution in [1.82, 2.24) is 15.0 Å². The van der Waals surface area contributed by atoms with Gasteiger partial charge in [0.05, 0.1) is 12.7 Å². The molecule has 2 aliphatic heterocycles. The van der Waals surface area contributed by atoms with Gasteiger partial charge in [-0.15, -0.1) is 0 Å². The number of hydrogen-bond acceptors (Lipinski definition) is 7. The lowest BCUT2D eigenvalue weighted by Gasteiger charge is -2.22. The number of urea groups is 1. The van der Waals surface area contributed by atoms with Crippen molar-refractivity contribution in [2.45, 2.75) is 18.9 Å². The van der Waals surface area contributed by atoms with Crippen molar-refractivity contribution in [3.05, 3.63) is 48.4 Å². The lowest BCUT2D eigenvalue weighted by molar-refractivity contribution is 0.174. The molecular formula is C21H20N4O5. The minimum Gasteiger partial charge on any atom is -0.496 e. The zero-order valence-corrected chi connectivity index (χ0v) is 16.3. The SMILES string of the molecule is COc1ccccc1-c1noc([C@H]2CCCN2C(=O)Nc2ccc3c(c2)OCO3)n1. The number of rotatable bonds is 4. The summed E-state index contributed by atoms with van der Waals surface area (Å²) < 4.78 is 21.6. The number of carbonyl (C=O) groups is 1. The van der Waals surface area contributed by atoms with Crippen LogP contribution < -0.4 is 19.5 Å². The van der Waals surface area contributed by atoms with Gasteiger partial charge in [-0.2, -0.15) is 4.98 Å². The third kappa shape index (κ3) is 3.28. The summed E-state index contributed by atoms with van der Waals surface area (Å²) in [5.41, 5.74) is 1.37. The molecule has 0 bridgehead atoms. The lowest BCUT2D eigenvalue weighted by atomic mass is 10.2. The van der Waals surface area contributed by atoms with Crippen molar-refractivity contribution in [1.29, 1.82) is 0 Å². The number of para-hydroxylation sites is 1. The Hall–Kier alpha value is -3.75. The van der Waals surface area contributed by atoms with E-state index in [4.69, 9.17) is 18.7 Å². The van der Waals surface area contributed by atoms with Crippen LogP contribution in [0.3, 0.4) is 0 Å². The molecule has 2 amide bonds. The van der Waals surface area contributed by atoms with Gasteiger partial charge >= 0.3 is 6.03 Å². The van der Waals surface area contributed by atoms with E-state index in [2.05, 4.69) is 15.5 Å². The molecule has 1 atom stereocenters. The summed E-state index contributed by atoms with van der Waals surface area (Å²) in [6, 6.07) is 12.3. The fourth-order valence-corrected chi connectivity index (χ4v) is 3.75. The molecule has 3 aromatic rings. The molecule has 9 heteroatoms. The van der Waals surface area contributed by atoms with Crippen LogP contribution in [0.1, 0.15) is 24.8 Å². The fourth-order valence-electron chi connectivity index (χ4n) is 3.75. The molecule has 1 fully saturated rings. The van der Waals surface area contributed by atoms with E-state index in [-0.39, 0.29) is 18.9 Å². The average molecular weight is 408 g/mol. The number of amides is 2. The quantitative estimate of drug-likeness (QED) is 0.700. The van der Waals surface area contributed by atoms with Crippen molar-refractivity contribution >= 4 is 11.7 Å². The first kappa shape index (κ1) is 18.3. The molecule has 1 saturated heterocycles. The molecule has 9 nitrogen and oxygen atoms in total. The van der Waals surface area contributed by atoms with Gasteiger partial charge in [0.1, 0.15) is 11.8 Å². The second-order valence-electron chi connectivity index (χ2n) is 7.01. The first-order chi connectivity index (χ1) is 14.7. The molecule has 1 N–H and O–H groups in total. The van der Waals surface area contributed by atoms with Gasteiger partial charge in [-0.3, -0.25) is 0 Å². The Morgan fingerprint density at radius 3 is 2.97 bits per heavy atom. The Morgan fingerprint density at radius 1 is 1.20 bits per heavy atom. The van der Waals surface area contributed by atoms with E-state index < -0.39 is 0 Å². The Labute approximate surface area is 172 Å². The maximum Gasteiger partial charge on any atom is 0.322 e. The Balaban J connectivity index is 1.34. The number of hydrogen-bond donors (Lipinski definition) is 1. The molecule has 3 heterocycles. The smallest absolute Gasteiger partial charge is 0.322 e. The number of anilines is 1. The largest absolute Gasteiger partial charge is 0.496 e. The van der Waals surface area contributed by atoms with Crippen molar-refractivity contribution in [2.75, 3.05) is 25.8 Å². The van der Waals surface area contributed by atoms with Crippen molar-refractivity contribution in [3.8, 4) is 28.6 Å². The van der Waals surface area contributed by atoms with E-state index in [1.54, 1.807) is 30.2 Å². The zero-order chi connectivity index (χ0) is 20.5. The first-order valence-electron chi connectivity index (χ1n) is 9.67. The van der Waals surface area contributed by atoms with E-state index in [0.29, 0.717) is 41.2 Å². The fraction of sp³-hybridized carbons (Fsp3) is 0.286. The molecule has 2 aliphatic rings. The normalized spacial score (nSPS) is 17.2. The molecule has 30 heavy (non-hydrogen) atoms. The number of benzene rings is 2. The van der Waals surface area contributed by atoms with Crippen LogP contribution >= 0.6 is 0 Å². The highest BCUT2D eigenvalue weighted by Gasteiger charge is 2.34. The monoisotopic (exact) mass is 408 g/mol. The summed E-state index contributed by atoms with van der Waals surface area (Å²) in [7, 11) is 1.60. The van der Waals surface area contributed by atoms with Gasteiger partial charge in [0.2, 0.25) is 18.5 Å². The van der Waals surface area contributed by atoms with E-state index in [9.17, 15) is 4.79 Å². The predicted molar refractivity (Wildman–Crippen MR) is 107 cm³/mol. The van der Waals surface area contributed by atoms with Crippen LogP contribution in [0.2, 0.25) is 0 Å². The second kappa shape index (κ2) is 7.58. The highest BCUT2D eigenvalue weighted by molar-refractivity contribution is 5.90. The summed E-state index contributed by atoms with van der Waals surface area (Å²) >= 11 is 0. The van der Waals surface area contributed by atoms with Crippen LogP contribution in [-0.4, -0.2) is 41.5 Å².